The summed E-state index contributed by atoms with van der Waals surface area (Å²) in [5.74, 6) is 2.12. The summed E-state index contributed by atoms with van der Waals surface area (Å²) in [6.07, 6.45) is 5.51. The molecule has 9 nitrogen and oxygen atoms in total. The highest BCUT2D eigenvalue weighted by atomic mass is 16.1. The predicted octanol–water partition coefficient (Wildman–Crippen LogP) is 3.09. The Balaban J connectivity index is 1.26. The van der Waals surface area contributed by atoms with E-state index in [-0.39, 0.29) is 16.7 Å². The molecule has 3 aromatic rings. The number of nitriles is 1. The van der Waals surface area contributed by atoms with Gasteiger partial charge in [0.05, 0.1) is 17.4 Å². The van der Waals surface area contributed by atoms with Crippen molar-refractivity contribution in [2.24, 2.45) is 11.8 Å². The zero-order valence-corrected chi connectivity index (χ0v) is 20.4. The largest absolute Gasteiger partial charge is 0.368 e. The van der Waals surface area contributed by atoms with Crippen LogP contribution in [0.25, 0.3) is 11.0 Å². The highest BCUT2D eigenvalue weighted by Gasteiger charge is 2.65. The minimum Gasteiger partial charge on any atom is -0.368 e. The Bertz CT molecular complexity index is 1380. The van der Waals surface area contributed by atoms with Gasteiger partial charge in [-0.15, -0.1) is 0 Å². The molecule has 0 spiro atoms. The van der Waals surface area contributed by atoms with Crippen molar-refractivity contribution in [3.8, 4) is 6.07 Å². The molecule has 4 aliphatic rings. The molecule has 1 saturated heterocycles. The second-order valence-corrected chi connectivity index (χ2v) is 10.5. The van der Waals surface area contributed by atoms with Gasteiger partial charge < -0.3 is 10.2 Å². The molecule has 4 heterocycles. The molecule has 35 heavy (non-hydrogen) atoms. The van der Waals surface area contributed by atoms with E-state index >= 15 is 0 Å². The Kier molecular flexibility index (Phi) is 5.04. The highest BCUT2D eigenvalue weighted by molar-refractivity contribution is 5.78. The zero-order chi connectivity index (χ0) is 24.3. The Morgan fingerprint density at radius 3 is 2.49 bits per heavy atom. The van der Waals surface area contributed by atoms with Crippen LogP contribution in [0.1, 0.15) is 39.2 Å². The van der Waals surface area contributed by atoms with E-state index in [9.17, 15) is 10.1 Å². The molecule has 1 N–H and O–H groups in total. The number of nitrogens with one attached hydrogen (secondary N) is 1. The maximum Gasteiger partial charge on any atom is 0.270 e. The summed E-state index contributed by atoms with van der Waals surface area (Å²) >= 11 is 0. The molecular weight excluding hydrogens is 440 g/mol. The van der Waals surface area contributed by atoms with Gasteiger partial charge in [0.2, 0.25) is 5.95 Å². The fraction of sp³-hybridized carbons (Fsp3) is 0.500. The molecule has 9 heteroatoms. The van der Waals surface area contributed by atoms with Crippen LogP contribution in [0.5, 0.6) is 0 Å². The van der Waals surface area contributed by atoms with Crippen molar-refractivity contribution >= 4 is 28.5 Å². The summed E-state index contributed by atoms with van der Waals surface area (Å²) in [5, 5.41) is 13.4. The van der Waals surface area contributed by atoms with Gasteiger partial charge in [0.25, 0.3) is 5.56 Å². The molecule has 1 atom stereocenters. The lowest BCUT2D eigenvalue weighted by atomic mass is 9.42. The number of hydrogen-bond acceptors (Lipinski definition) is 8. The minimum atomic E-state index is -0.255. The van der Waals surface area contributed by atoms with Crippen LogP contribution in [0, 0.1) is 23.2 Å². The van der Waals surface area contributed by atoms with Gasteiger partial charge in [-0.2, -0.15) is 10.2 Å². The Morgan fingerprint density at radius 1 is 1.14 bits per heavy atom. The fourth-order valence-electron chi connectivity index (χ4n) is 5.99. The standard InChI is InChI=1S/C26H30N8O/c1-16(2)32-6-8-33(9-7-32)21-4-5-22(28-15-21)30-25-29-14-19-10-18(13-27)24(35)34(23(19)31-25)26-11-20(12-26)17(26)3/h4-5,10,14-17,20H,6-9,11-12H2,1-3H3,(H,28,29,30,31)/t17-,20?,26?/m0/s1. The van der Waals surface area contributed by atoms with Crippen LogP contribution in [0.2, 0.25) is 0 Å². The summed E-state index contributed by atoms with van der Waals surface area (Å²) in [5.41, 5.74) is 1.35. The minimum absolute atomic E-state index is 0.144. The molecule has 4 fully saturated rings. The topological polar surface area (TPSA) is 103 Å². The first-order valence-electron chi connectivity index (χ1n) is 12.4. The van der Waals surface area contributed by atoms with Crippen LogP contribution in [-0.2, 0) is 5.54 Å². The van der Waals surface area contributed by atoms with Crippen LogP contribution in [-0.4, -0.2) is 56.6 Å². The summed E-state index contributed by atoms with van der Waals surface area (Å²) in [7, 11) is 0. The molecule has 0 amide bonds. The zero-order valence-electron chi connectivity index (χ0n) is 20.4. The van der Waals surface area contributed by atoms with Crippen LogP contribution in [0.4, 0.5) is 17.5 Å². The summed E-state index contributed by atoms with van der Waals surface area (Å²) < 4.78 is 1.77. The fourth-order valence-corrected chi connectivity index (χ4v) is 5.99. The normalized spacial score (nSPS) is 25.7. The van der Waals surface area contributed by atoms with E-state index in [0.717, 1.165) is 44.7 Å². The smallest absolute Gasteiger partial charge is 0.270 e. The third-order valence-corrected chi connectivity index (χ3v) is 8.49. The van der Waals surface area contributed by atoms with E-state index in [0.29, 0.717) is 40.7 Å². The van der Waals surface area contributed by atoms with Crippen LogP contribution < -0.4 is 15.8 Å². The van der Waals surface area contributed by atoms with Gasteiger partial charge in [0.15, 0.2) is 0 Å². The molecule has 0 radical (unpaired) electrons. The molecule has 2 bridgehead atoms. The van der Waals surface area contributed by atoms with Crippen molar-refractivity contribution in [1.82, 2.24) is 24.4 Å². The summed E-state index contributed by atoms with van der Waals surface area (Å²) in [6.45, 7) is 10.8. The van der Waals surface area contributed by atoms with Gasteiger partial charge in [-0.3, -0.25) is 14.3 Å². The third kappa shape index (κ3) is 3.39. The number of fused-ring (bicyclic) bond motifs is 1. The van der Waals surface area contributed by atoms with E-state index < -0.39 is 0 Å². The summed E-state index contributed by atoms with van der Waals surface area (Å²) in [6, 6.07) is 8.23. The van der Waals surface area contributed by atoms with Gasteiger partial charge in [0.1, 0.15) is 23.1 Å². The number of nitrogens with zero attached hydrogens (tertiary/aromatic N) is 7. The number of anilines is 3. The lowest BCUT2D eigenvalue weighted by molar-refractivity contribution is -0.162. The Labute approximate surface area is 204 Å². The maximum atomic E-state index is 13.2. The van der Waals surface area contributed by atoms with E-state index in [1.54, 1.807) is 16.8 Å². The lowest BCUT2D eigenvalue weighted by Crippen LogP contribution is -2.69. The van der Waals surface area contributed by atoms with Crippen molar-refractivity contribution in [2.75, 3.05) is 36.4 Å². The van der Waals surface area contributed by atoms with Gasteiger partial charge in [-0.05, 0) is 56.7 Å². The molecule has 7 rings (SSSR count). The Hall–Kier alpha value is -3.51. The van der Waals surface area contributed by atoms with Crippen molar-refractivity contribution in [1.29, 1.82) is 5.26 Å². The average Bonchev–Trinajstić information content (AvgIpc) is 2.85. The molecule has 3 aliphatic carbocycles. The van der Waals surface area contributed by atoms with Crippen LogP contribution in [0.15, 0.2) is 35.4 Å². The van der Waals surface area contributed by atoms with Crippen molar-refractivity contribution in [3.05, 3.63) is 46.5 Å². The number of hydrogen-bond donors (Lipinski definition) is 1. The molecule has 1 aliphatic heterocycles. The van der Waals surface area contributed by atoms with E-state index in [1.807, 2.05) is 12.3 Å². The molecule has 0 unspecified atom stereocenters. The molecule has 3 aromatic heterocycles. The van der Waals surface area contributed by atoms with E-state index in [1.165, 1.54) is 0 Å². The molecular formula is C26H30N8O. The number of rotatable bonds is 5. The van der Waals surface area contributed by atoms with Crippen molar-refractivity contribution in [3.63, 3.8) is 0 Å². The first kappa shape index (κ1) is 22.0. The number of aromatic nitrogens is 4. The van der Waals surface area contributed by atoms with Gasteiger partial charge >= 0.3 is 0 Å². The van der Waals surface area contributed by atoms with Gasteiger partial charge in [-0.1, -0.05) is 6.92 Å². The van der Waals surface area contributed by atoms with E-state index in [4.69, 9.17) is 4.98 Å². The molecule has 3 saturated carbocycles. The predicted molar refractivity (Wildman–Crippen MR) is 135 cm³/mol. The Morgan fingerprint density at radius 2 is 1.91 bits per heavy atom. The SMILES string of the molecule is CC(C)N1CCN(c2ccc(Nc3ncc4cc(C#N)c(=O)n(C56CC(C5)[C@@H]6C)c4n3)nc2)CC1. The molecule has 180 valence electrons. The van der Waals surface area contributed by atoms with Gasteiger partial charge in [0, 0.05) is 43.8 Å². The first-order valence-corrected chi connectivity index (χ1v) is 12.4. The number of pyridine rings is 2. The first-order chi connectivity index (χ1) is 16.9. The lowest BCUT2D eigenvalue weighted by Gasteiger charge is -2.67. The van der Waals surface area contributed by atoms with Crippen LogP contribution in [0.3, 0.4) is 0 Å². The highest BCUT2D eigenvalue weighted by Crippen LogP contribution is 2.66. The number of piperazine rings is 1. The second-order valence-electron chi connectivity index (χ2n) is 10.5. The van der Waals surface area contributed by atoms with Gasteiger partial charge in [-0.25, -0.2) is 9.97 Å². The van der Waals surface area contributed by atoms with Crippen molar-refractivity contribution in [2.45, 2.75) is 45.2 Å². The van der Waals surface area contributed by atoms with Crippen molar-refractivity contribution < 1.29 is 0 Å². The molecule has 0 aromatic carbocycles. The quantitative estimate of drug-likeness (QED) is 0.607. The third-order valence-electron chi connectivity index (χ3n) is 8.49. The van der Waals surface area contributed by atoms with E-state index in [2.05, 4.69) is 58.0 Å². The summed E-state index contributed by atoms with van der Waals surface area (Å²) in [4.78, 5) is 31.8. The average molecular weight is 471 g/mol. The second kappa shape index (κ2) is 8.02. The maximum absolute atomic E-state index is 13.2. The van der Waals surface area contributed by atoms with Crippen LogP contribution >= 0.6 is 0 Å². The monoisotopic (exact) mass is 470 g/mol.